The van der Waals surface area contributed by atoms with Crippen LogP contribution in [0.2, 0.25) is 5.02 Å². The van der Waals surface area contributed by atoms with Crippen molar-refractivity contribution in [2.24, 2.45) is 0 Å². The second-order valence-corrected chi connectivity index (χ2v) is 6.42. The van der Waals surface area contributed by atoms with Crippen LogP contribution < -0.4 is 4.74 Å². The molecule has 0 fully saturated rings. The number of ether oxygens (including phenoxy) is 3. The smallest absolute Gasteiger partial charge is 0.416 e. The van der Waals surface area contributed by atoms with Gasteiger partial charge in [0, 0.05) is 25.5 Å². The van der Waals surface area contributed by atoms with Gasteiger partial charge in [-0.2, -0.15) is 13.2 Å². The number of alkyl halides is 3. The van der Waals surface area contributed by atoms with E-state index in [-0.39, 0.29) is 36.2 Å². The quantitative estimate of drug-likeness (QED) is 0.231. The highest BCUT2D eigenvalue weighted by Crippen LogP contribution is 2.37. The molecule has 0 aliphatic heterocycles. The van der Waals surface area contributed by atoms with Gasteiger partial charge in [0.05, 0.1) is 28.7 Å². The first kappa shape index (κ1) is 23.9. The largest absolute Gasteiger partial charge is 0.466 e. The van der Waals surface area contributed by atoms with Gasteiger partial charge < -0.3 is 14.2 Å². The van der Waals surface area contributed by atoms with Crippen LogP contribution in [-0.2, 0) is 20.4 Å². The number of benzene rings is 2. The Hall–Kier alpha value is -3.34. The lowest BCUT2D eigenvalue weighted by molar-refractivity contribution is -0.385. The number of nitro benzene ring substituents is 1. The van der Waals surface area contributed by atoms with Crippen LogP contribution >= 0.6 is 11.6 Å². The Labute approximate surface area is 178 Å². The van der Waals surface area contributed by atoms with Gasteiger partial charge in [0.2, 0.25) is 0 Å². The fraction of sp³-hybridized carbons (Fsp3) is 0.263. The minimum Gasteiger partial charge on any atom is -0.466 e. The molecule has 0 N–H and O–H groups in total. The van der Waals surface area contributed by atoms with E-state index < -0.39 is 39.9 Å². The lowest BCUT2D eigenvalue weighted by Gasteiger charge is -2.12. The van der Waals surface area contributed by atoms with Crippen molar-refractivity contribution in [3.05, 3.63) is 62.7 Å². The zero-order valence-electron chi connectivity index (χ0n) is 15.9. The normalized spacial score (nSPS) is 11.0. The Balaban J connectivity index is 2.18. The first-order valence-electron chi connectivity index (χ1n) is 8.62. The number of hydrogen-bond donors (Lipinski definition) is 0. The summed E-state index contributed by atoms with van der Waals surface area (Å²) >= 11 is 5.83. The average molecular weight is 462 g/mol. The molecule has 2 aromatic carbocycles. The molecule has 0 unspecified atom stereocenters. The first-order chi connectivity index (χ1) is 14.5. The number of nitro groups is 1. The summed E-state index contributed by atoms with van der Waals surface area (Å²) in [5.41, 5.74) is -1.97. The van der Waals surface area contributed by atoms with Crippen LogP contribution in [0, 0.1) is 10.1 Å². The SMILES string of the molecule is CC(=O)OCCCOC(=O)c1cc(Oc2ccc(C(F)(F)F)cc2Cl)ccc1[N+](=O)[O-]. The van der Waals surface area contributed by atoms with E-state index in [9.17, 15) is 32.9 Å². The minimum absolute atomic E-state index is 0.000275. The highest BCUT2D eigenvalue weighted by Gasteiger charge is 2.31. The number of carbonyl (C=O) groups is 2. The highest BCUT2D eigenvalue weighted by molar-refractivity contribution is 6.32. The third-order valence-corrected chi connectivity index (χ3v) is 3.99. The van der Waals surface area contributed by atoms with Crippen molar-refractivity contribution in [2.75, 3.05) is 13.2 Å². The van der Waals surface area contributed by atoms with Gasteiger partial charge in [-0.3, -0.25) is 14.9 Å². The molecular formula is C19H15ClF3NO7. The molecule has 0 heterocycles. The average Bonchev–Trinajstić information content (AvgIpc) is 2.67. The van der Waals surface area contributed by atoms with Gasteiger partial charge in [-0.15, -0.1) is 0 Å². The van der Waals surface area contributed by atoms with Crippen LogP contribution in [0.3, 0.4) is 0 Å². The number of rotatable bonds is 8. The summed E-state index contributed by atoms with van der Waals surface area (Å²) in [6.45, 7) is 1.04. The van der Waals surface area contributed by atoms with Crippen molar-refractivity contribution in [3.8, 4) is 11.5 Å². The summed E-state index contributed by atoms with van der Waals surface area (Å²) in [5.74, 6) is -1.77. The molecule has 2 aromatic rings. The molecule has 8 nitrogen and oxygen atoms in total. The van der Waals surface area contributed by atoms with Crippen LogP contribution in [0.25, 0.3) is 0 Å². The molecule has 0 aromatic heterocycles. The highest BCUT2D eigenvalue weighted by atomic mass is 35.5. The van der Waals surface area contributed by atoms with E-state index >= 15 is 0 Å². The molecule has 12 heteroatoms. The predicted molar refractivity (Wildman–Crippen MR) is 101 cm³/mol. The Bertz CT molecular complexity index is 995. The summed E-state index contributed by atoms with van der Waals surface area (Å²) in [5, 5.41) is 10.9. The summed E-state index contributed by atoms with van der Waals surface area (Å²) in [7, 11) is 0. The zero-order valence-corrected chi connectivity index (χ0v) is 16.7. The van der Waals surface area contributed by atoms with Gasteiger partial charge in [0.1, 0.15) is 17.1 Å². The van der Waals surface area contributed by atoms with Gasteiger partial charge in [-0.05, 0) is 24.3 Å². The maximum absolute atomic E-state index is 12.7. The molecule has 0 amide bonds. The molecule has 0 radical (unpaired) electrons. The number of halogens is 4. The van der Waals surface area contributed by atoms with E-state index in [1.807, 2.05) is 0 Å². The maximum atomic E-state index is 12.7. The van der Waals surface area contributed by atoms with Gasteiger partial charge in [0.15, 0.2) is 0 Å². The molecule has 0 saturated heterocycles. The number of hydrogen-bond acceptors (Lipinski definition) is 7. The van der Waals surface area contributed by atoms with Crippen molar-refractivity contribution < 1.29 is 41.9 Å². The van der Waals surface area contributed by atoms with E-state index in [4.69, 9.17) is 21.1 Å². The second kappa shape index (κ2) is 10.1. The summed E-state index contributed by atoms with van der Waals surface area (Å²) in [4.78, 5) is 33.3. The topological polar surface area (TPSA) is 105 Å². The lowest BCUT2D eigenvalue weighted by atomic mass is 10.1. The molecule has 0 aliphatic carbocycles. The predicted octanol–water partition coefficient (Wildman–Crippen LogP) is 5.17. The standard InChI is InChI=1S/C19H15ClF3NO7/c1-11(25)29-7-2-8-30-18(26)14-10-13(4-5-16(14)24(27)28)31-17-6-3-12(9-15(17)20)19(21,22)23/h3-6,9-10H,2,7-8H2,1H3. The molecular weight excluding hydrogens is 447 g/mol. The monoisotopic (exact) mass is 461 g/mol. The third-order valence-electron chi connectivity index (χ3n) is 3.70. The summed E-state index contributed by atoms with van der Waals surface area (Å²) < 4.78 is 53.2. The van der Waals surface area contributed by atoms with Crippen LogP contribution in [-0.4, -0.2) is 30.1 Å². The Kier molecular flexibility index (Phi) is 7.81. The van der Waals surface area contributed by atoms with Crippen LogP contribution in [0.15, 0.2) is 36.4 Å². The van der Waals surface area contributed by atoms with Crippen molar-refractivity contribution in [1.29, 1.82) is 0 Å². The molecule has 2 rings (SSSR count). The van der Waals surface area contributed by atoms with Crippen LogP contribution in [0.1, 0.15) is 29.3 Å². The fourth-order valence-electron chi connectivity index (χ4n) is 2.31. The fourth-order valence-corrected chi connectivity index (χ4v) is 2.52. The minimum atomic E-state index is -4.60. The molecule has 0 bridgehead atoms. The molecule has 0 aliphatic rings. The van der Waals surface area contributed by atoms with Crippen molar-refractivity contribution in [3.63, 3.8) is 0 Å². The number of carbonyl (C=O) groups excluding carboxylic acids is 2. The molecule has 166 valence electrons. The van der Waals surface area contributed by atoms with E-state index in [1.54, 1.807) is 0 Å². The van der Waals surface area contributed by atoms with Gasteiger partial charge in [-0.1, -0.05) is 11.6 Å². The van der Waals surface area contributed by atoms with Gasteiger partial charge in [-0.25, -0.2) is 4.79 Å². The van der Waals surface area contributed by atoms with E-state index in [0.29, 0.717) is 6.07 Å². The lowest BCUT2D eigenvalue weighted by Crippen LogP contribution is -2.11. The molecule has 0 atom stereocenters. The van der Waals surface area contributed by atoms with E-state index in [1.165, 1.54) is 6.92 Å². The number of nitrogens with zero attached hydrogens (tertiary/aromatic N) is 1. The number of esters is 2. The molecule has 31 heavy (non-hydrogen) atoms. The second-order valence-electron chi connectivity index (χ2n) is 6.01. The summed E-state index contributed by atoms with van der Waals surface area (Å²) in [6.07, 6.45) is -4.42. The third kappa shape index (κ3) is 6.85. The van der Waals surface area contributed by atoms with Crippen molar-refractivity contribution >= 4 is 29.2 Å². The Morgan fingerprint density at radius 3 is 2.35 bits per heavy atom. The Morgan fingerprint density at radius 1 is 1.10 bits per heavy atom. The first-order valence-corrected chi connectivity index (χ1v) is 9.00. The van der Waals surface area contributed by atoms with E-state index in [2.05, 4.69) is 4.74 Å². The van der Waals surface area contributed by atoms with Gasteiger partial charge >= 0.3 is 18.1 Å². The van der Waals surface area contributed by atoms with Crippen molar-refractivity contribution in [2.45, 2.75) is 19.5 Å². The van der Waals surface area contributed by atoms with Gasteiger partial charge in [0.25, 0.3) is 5.69 Å². The Morgan fingerprint density at radius 2 is 1.77 bits per heavy atom. The molecule has 0 spiro atoms. The molecule has 0 saturated carbocycles. The van der Waals surface area contributed by atoms with E-state index in [0.717, 1.165) is 30.3 Å². The zero-order chi connectivity index (χ0) is 23.2. The van der Waals surface area contributed by atoms with Crippen LogP contribution in [0.4, 0.5) is 18.9 Å². The summed E-state index contributed by atoms with van der Waals surface area (Å²) in [6, 6.07) is 5.57. The van der Waals surface area contributed by atoms with Crippen LogP contribution in [0.5, 0.6) is 11.5 Å². The van der Waals surface area contributed by atoms with Crippen molar-refractivity contribution in [1.82, 2.24) is 0 Å². The maximum Gasteiger partial charge on any atom is 0.416 e.